The van der Waals surface area contributed by atoms with Crippen molar-refractivity contribution in [2.24, 2.45) is 5.92 Å². The Morgan fingerprint density at radius 1 is 1.41 bits per heavy atom. The Hall–Kier alpha value is -1.49. The van der Waals surface area contributed by atoms with Crippen LogP contribution in [-0.2, 0) is 4.79 Å². The van der Waals surface area contributed by atoms with Gasteiger partial charge in [-0.2, -0.15) is 0 Å². The van der Waals surface area contributed by atoms with Gasteiger partial charge in [0, 0.05) is 16.0 Å². The highest BCUT2D eigenvalue weighted by Gasteiger charge is 2.45. The minimum absolute atomic E-state index is 0.0979. The number of carbonyl (C=O) groups excluding carboxylic acids is 1. The Morgan fingerprint density at radius 2 is 2.23 bits per heavy atom. The van der Waals surface area contributed by atoms with Gasteiger partial charge in [0.05, 0.1) is 12.9 Å². The molecule has 1 heterocycles. The number of furan rings is 1. The van der Waals surface area contributed by atoms with E-state index >= 15 is 0 Å². The fraction of sp³-hybridized carbons (Fsp3) is 0.312. The lowest BCUT2D eigenvalue weighted by atomic mass is 10.1. The van der Waals surface area contributed by atoms with Crippen LogP contribution >= 0.6 is 23.2 Å². The maximum atomic E-state index is 12.3. The van der Waals surface area contributed by atoms with Gasteiger partial charge in [0.15, 0.2) is 0 Å². The molecule has 116 valence electrons. The third-order valence-electron chi connectivity index (χ3n) is 3.87. The van der Waals surface area contributed by atoms with Crippen molar-refractivity contribution < 1.29 is 14.3 Å². The highest BCUT2D eigenvalue weighted by molar-refractivity contribution is 6.35. The molecule has 2 N–H and O–H groups in total. The van der Waals surface area contributed by atoms with Crippen LogP contribution in [0.3, 0.4) is 0 Å². The SMILES string of the molecule is O=C(NC(CO)c1ccco1)C1CC1c1ccc(Cl)cc1Cl. The first-order valence-corrected chi connectivity index (χ1v) is 7.75. The molecule has 0 radical (unpaired) electrons. The second-order valence-electron chi connectivity index (χ2n) is 5.37. The fourth-order valence-electron chi connectivity index (χ4n) is 2.61. The number of aliphatic hydroxyl groups is 1. The van der Waals surface area contributed by atoms with Crippen LogP contribution in [0.1, 0.15) is 29.7 Å². The van der Waals surface area contributed by atoms with Gasteiger partial charge in [-0.3, -0.25) is 4.79 Å². The normalized spacial score (nSPS) is 21.4. The summed E-state index contributed by atoms with van der Waals surface area (Å²) in [7, 11) is 0. The van der Waals surface area contributed by atoms with E-state index in [-0.39, 0.29) is 24.3 Å². The predicted molar refractivity (Wildman–Crippen MR) is 84.0 cm³/mol. The van der Waals surface area contributed by atoms with Gasteiger partial charge < -0.3 is 14.8 Å². The second kappa shape index (κ2) is 6.32. The van der Waals surface area contributed by atoms with Gasteiger partial charge in [-0.05, 0) is 42.2 Å². The molecule has 1 aromatic carbocycles. The molecule has 3 atom stereocenters. The molecule has 0 bridgehead atoms. The van der Waals surface area contributed by atoms with Crippen molar-refractivity contribution in [3.05, 3.63) is 58.0 Å². The van der Waals surface area contributed by atoms with Gasteiger partial charge in [-0.25, -0.2) is 0 Å². The third-order valence-corrected chi connectivity index (χ3v) is 4.44. The van der Waals surface area contributed by atoms with Gasteiger partial charge in [-0.15, -0.1) is 0 Å². The molecule has 1 aromatic heterocycles. The number of benzene rings is 1. The number of nitrogens with one attached hydrogen (secondary N) is 1. The van der Waals surface area contributed by atoms with E-state index in [4.69, 9.17) is 27.6 Å². The molecule has 0 aliphatic heterocycles. The van der Waals surface area contributed by atoms with E-state index in [0.717, 1.165) is 12.0 Å². The first-order chi connectivity index (χ1) is 10.6. The van der Waals surface area contributed by atoms with Crippen LogP contribution < -0.4 is 5.32 Å². The summed E-state index contributed by atoms with van der Waals surface area (Å²) in [6.45, 7) is -0.210. The van der Waals surface area contributed by atoms with Crippen LogP contribution in [0.15, 0.2) is 41.0 Å². The molecule has 1 saturated carbocycles. The molecule has 1 amide bonds. The lowest BCUT2D eigenvalue weighted by Crippen LogP contribution is -2.32. The summed E-state index contributed by atoms with van der Waals surface area (Å²) in [4.78, 5) is 12.3. The van der Waals surface area contributed by atoms with E-state index in [1.54, 1.807) is 24.3 Å². The summed E-state index contributed by atoms with van der Waals surface area (Å²) in [5.74, 6) is 0.396. The van der Waals surface area contributed by atoms with E-state index in [1.165, 1.54) is 6.26 Å². The number of halogens is 2. The van der Waals surface area contributed by atoms with Crippen LogP contribution in [0, 0.1) is 5.92 Å². The van der Waals surface area contributed by atoms with E-state index in [2.05, 4.69) is 5.32 Å². The van der Waals surface area contributed by atoms with Gasteiger partial charge in [-0.1, -0.05) is 29.3 Å². The van der Waals surface area contributed by atoms with Gasteiger partial charge in [0.1, 0.15) is 11.8 Å². The fourth-order valence-corrected chi connectivity index (χ4v) is 3.15. The lowest BCUT2D eigenvalue weighted by Gasteiger charge is -2.14. The molecule has 3 unspecified atom stereocenters. The molecular weight excluding hydrogens is 325 g/mol. The van der Waals surface area contributed by atoms with Crippen LogP contribution in [0.5, 0.6) is 0 Å². The minimum Gasteiger partial charge on any atom is -0.467 e. The van der Waals surface area contributed by atoms with E-state index in [1.807, 2.05) is 6.07 Å². The molecule has 6 heteroatoms. The van der Waals surface area contributed by atoms with Crippen LogP contribution in [-0.4, -0.2) is 17.6 Å². The number of hydrogen-bond acceptors (Lipinski definition) is 3. The van der Waals surface area contributed by atoms with Crippen LogP contribution in [0.2, 0.25) is 10.0 Å². The molecule has 1 aliphatic rings. The summed E-state index contributed by atoms with van der Waals surface area (Å²) in [6.07, 6.45) is 2.25. The van der Waals surface area contributed by atoms with E-state index < -0.39 is 6.04 Å². The van der Waals surface area contributed by atoms with Crippen molar-refractivity contribution in [3.8, 4) is 0 Å². The molecule has 1 aliphatic carbocycles. The Labute approximate surface area is 138 Å². The second-order valence-corrected chi connectivity index (χ2v) is 6.22. The molecule has 1 fully saturated rings. The standard InChI is InChI=1S/C16H15Cl2NO3/c17-9-3-4-10(13(18)6-9)11-7-12(11)16(21)19-14(8-20)15-2-1-5-22-15/h1-6,11-12,14,20H,7-8H2,(H,19,21). The van der Waals surface area contributed by atoms with Crippen molar-refractivity contribution >= 4 is 29.1 Å². The Kier molecular flexibility index (Phi) is 4.43. The maximum Gasteiger partial charge on any atom is 0.224 e. The number of aliphatic hydroxyl groups excluding tert-OH is 1. The molecule has 0 spiro atoms. The molecule has 3 rings (SSSR count). The number of amides is 1. The summed E-state index contributed by atoms with van der Waals surface area (Å²) in [6, 6.07) is 8.24. The predicted octanol–water partition coefficient (Wildman–Crippen LogP) is 3.54. The zero-order valence-corrected chi connectivity index (χ0v) is 13.1. The monoisotopic (exact) mass is 339 g/mol. The van der Waals surface area contributed by atoms with Crippen molar-refractivity contribution in [1.82, 2.24) is 5.32 Å². The average Bonchev–Trinajstić information content (AvgIpc) is 3.09. The van der Waals surface area contributed by atoms with Crippen molar-refractivity contribution in [1.29, 1.82) is 0 Å². The van der Waals surface area contributed by atoms with Crippen LogP contribution in [0.4, 0.5) is 0 Å². The molecule has 2 aromatic rings. The zero-order chi connectivity index (χ0) is 15.7. The van der Waals surface area contributed by atoms with E-state index in [9.17, 15) is 9.90 Å². The first-order valence-electron chi connectivity index (χ1n) is 6.99. The lowest BCUT2D eigenvalue weighted by molar-refractivity contribution is -0.123. The number of carbonyl (C=O) groups is 1. The van der Waals surface area contributed by atoms with Crippen molar-refractivity contribution in [3.63, 3.8) is 0 Å². The minimum atomic E-state index is -0.524. The number of rotatable bonds is 5. The number of hydrogen-bond donors (Lipinski definition) is 2. The Bertz CT molecular complexity index is 672. The summed E-state index contributed by atoms with van der Waals surface area (Å²) in [5.41, 5.74) is 0.935. The third kappa shape index (κ3) is 3.14. The maximum absolute atomic E-state index is 12.3. The quantitative estimate of drug-likeness (QED) is 0.875. The average molecular weight is 340 g/mol. The molecule has 4 nitrogen and oxygen atoms in total. The van der Waals surface area contributed by atoms with Crippen molar-refractivity contribution in [2.75, 3.05) is 6.61 Å². The molecule has 0 saturated heterocycles. The summed E-state index contributed by atoms with van der Waals surface area (Å²) >= 11 is 12.1. The highest BCUT2D eigenvalue weighted by Crippen LogP contribution is 2.50. The molecule has 22 heavy (non-hydrogen) atoms. The van der Waals surface area contributed by atoms with Gasteiger partial charge in [0.25, 0.3) is 0 Å². The smallest absolute Gasteiger partial charge is 0.224 e. The van der Waals surface area contributed by atoms with Gasteiger partial charge >= 0.3 is 0 Å². The Balaban J connectivity index is 1.65. The highest BCUT2D eigenvalue weighted by atomic mass is 35.5. The van der Waals surface area contributed by atoms with Gasteiger partial charge in [0.2, 0.25) is 5.91 Å². The first kappa shape index (κ1) is 15.4. The Morgan fingerprint density at radius 3 is 2.86 bits per heavy atom. The van der Waals surface area contributed by atoms with Crippen LogP contribution in [0.25, 0.3) is 0 Å². The summed E-state index contributed by atoms with van der Waals surface area (Å²) in [5, 5.41) is 13.4. The molecular formula is C16H15Cl2NO3. The van der Waals surface area contributed by atoms with Crippen molar-refractivity contribution in [2.45, 2.75) is 18.4 Å². The topological polar surface area (TPSA) is 62.5 Å². The zero-order valence-electron chi connectivity index (χ0n) is 11.6. The summed E-state index contributed by atoms with van der Waals surface area (Å²) < 4.78 is 5.22. The largest absolute Gasteiger partial charge is 0.467 e. The van der Waals surface area contributed by atoms with E-state index in [0.29, 0.717) is 15.8 Å².